The van der Waals surface area contributed by atoms with Crippen molar-refractivity contribution in [3.63, 3.8) is 0 Å². The first-order valence-corrected chi connectivity index (χ1v) is 9.64. The van der Waals surface area contributed by atoms with Crippen LogP contribution in [0, 0.1) is 5.41 Å². The molecule has 0 saturated carbocycles. The molecule has 1 aliphatic heterocycles. The van der Waals surface area contributed by atoms with Crippen LogP contribution in [0.5, 0.6) is 0 Å². The van der Waals surface area contributed by atoms with E-state index in [1.165, 1.54) is 0 Å². The van der Waals surface area contributed by atoms with E-state index in [1.807, 2.05) is 54.6 Å². The summed E-state index contributed by atoms with van der Waals surface area (Å²) in [5.74, 6) is -1.20. The largest absolute Gasteiger partial charge is 0.481 e. The summed E-state index contributed by atoms with van der Waals surface area (Å²) in [6, 6.07) is 18.9. The monoisotopic (exact) mass is 390 g/mol. The fourth-order valence-corrected chi connectivity index (χ4v) is 3.69. The average Bonchev–Trinajstić information content (AvgIpc) is 2.78. The number of fused-ring (bicyclic) bond motifs is 1. The van der Waals surface area contributed by atoms with E-state index >= 15 is 0 Å². The van der Waals surface area contributed by atoms with Crippen LogP contribution in [-0.4, -0.2) is 41.7 Å². The molecule has 1 aliphatic rings. The number of carbonyl (C=O) groups is 2. The zero-order valence-corrected chi connectivity index (χ0v) is 15.9. The highest BCUT2D eigenvalue weighted by Gasteiger charge is 2.40. The van der Waals surface area contributed by atoms with Crippen molar-refractivity contribution in [1.29, 1.82) is 0 Å². The number of hydrogen-bond acceptors (Lipinski definition) is 4. The van der Waals surface area contributed by atoms with Crippen LogP contribution >= 0.6 is 0 Å². The van der Waals surface area contributed by atoms with Crippen LogP contribution in [0.3, 0.4) is 0 Å². The third-order valence-corrected chi connectivity index (χ3v) is 5.52. The molecule has 6 heteroatoms. The van der Waals surface area contributed by atoms with Gasteiger partial charge in [-0.2, -0.15) is 0 Å². The first-order chi connectivity index (χ1) is 14.1. The SMILES string of the molecule is O=C(NCC1(C(=O)O)CCOCC1)c1cc(-c2ccccc2)nc2ccccc12. The quantitative estimate of drug-likeness (QED) is 0.696. The van der Waals surface area contributed by atoms with E-state index in [9.17, 15) is 14.7 Å². The zero-order chi connectivity index (χ0) is 20.3. The number of aliphatic carboxylic acids is 1. The molecular formula is C23H22N2O4. The van der Waals surface area contributed by atoms with Gasteiger partial charge in [0, 0.05) is 30.7 Å². The fraction of sp³-hybridized carbons (Fsp3) is 0.261. The van der Waals surface area contributed by atoms with Crippen LogP contribution < -0.4 is 5.32 Å². The van der Waals surface area contributed by atoms with Gasteiger partial charge in [-0.25, -0.2) is 4.98 Å². The van der Waals surface area contributed by atoms with Crippen LogP contribution in [0.1, 0.15) is 23.2 Å². The molecular weight excluding hydrogens is 368 g/mol. The van der Waals surface area contributed by atoms with Crippen LogP contribution in [0.4, 0.5) is 0 Å². The maximum atomic E-state index is 13.1. The number of nitrogens with zero attached hydrogens (tertiary/aromatic N) is 1. The van der Waals surface area contributed by atoms with Gasteiger partial charge in [0.2, 0.25) is 0 Å². The van der Waals surface area contributed by atoms with Crippen molar-refractivity contribution in [2.24, 2.45) is 5.41 Å². The van der Waals surface area contributed by atoms with Gasteiger partial charge < -0.3 is 15.2 Å². The van der Waals surface area contributed by atoms with E-state index in [2.05, 4.69) is 10.3 Å². The van der Waals surface area contributed by atoms with E-state index < -0.39 is 11.4 Å². The summed E-state index contributed by atoms with van der Waals surface area (Å²) in [6.07, 6.45) is 0.768. The van der Waals surface area contributed by atoms with E-state index in [0.29, 0.717) is 37.3 Å². The van der Waals surface area contributed by atoms with Crippen molar-refractivity contribution < 1.29 is 19.4 Å². The molecule has 0 bridgehead atoms. The molecule has 2 N–H and O–H groups in total. The van der Waals surface area contributed by atoms with Crippen LogP contribution in [0.15, 0.2) is 60.7 Å². The van der Waals surface area contributed by atoms with Gasteiger partial charge in [-0.3, -0.25) is 9.59 Å². The number of ether oxygens (including phenoxy) is 1. The van der Waals surface area contributed by atoms with Gasteiger partial charge in [0.05, 0.1) is 22.2 Å². The number of aromatic nitrogens is 1. The maximum absolute atomic E-state index is 13.1. The standard InChI is InChI=1S/C23H22N2O4/c26-21(24-15-23(22(27)28)10-12-29-13-11-23)18-14-20(16-6-2-1-3-7-16)25-19-9-5-4-8-17(18)19/h1-9,14H,10-13,15H2,(H,24,26)(H,27,28). The van der Waals surface area contributed by atoms with Crippen LogP contribution in [0.2, 0.25) is 0 Å². The Morgan fingerprint density at radius 2 is 1.72 bits per heavy atom. The van der Waals surface area contributed by atoms with Gasteiger partial charge in [0.1, 0.15) is 0 Å². The van der Waals surface area contributed by atoms with Crippen molar-refractivity contribution in [2.45, 2.75) is 12.8 Å². The number of benzene rings is 2. The average molecular weight is 390 g/mol. The molecule has 6 nitrogen and oxygen atoms in total. The smallest absolute Gasteiger partial charge is 0.311 e. The molecule has 29 heavy (non-hydrogen) atoms. The second-order valence-corrected chi connectivity index (χ2v) is 7.32. The topological polar surface area (TPSA) is 88.5 Å². The molecule has 0 radical (unpaired) electrons. The Hall–Kier alpha value is -3.25. The fourth-order valence-electron chi connectivity index (χ4n) is 3.69. The van der Waals surface area contributed by atoms with E-state index in [1.54, 1.807) is 6.07 Å². The summed E-state index contributed by atoms with van der Waals surface area (Å²) in [4.78, 5) is 29.6. The summed E-state index contributed by atoms with van der Waals surface area (Å²) >= 11 is 0. The van der Waals surface area contributed by atoms with Crippen LogP contribution in [-0.2, 0) is 9.53 Å². The number of hydrogen-bond donors (Lipinski definition) is 2. The number of carboxylic acid groups (broad SMARTS) is 1. The maximum Gasteiger partial charge on any atom is 0.311 e. The number of rotatable bonds is 5. The van der Waals surface area contributed by atoms with Crippen molar-refractivity contribution in [3.05, 3.63) is 66.2 Å². The van der Waals surface area contributed by atoms with Crippen molar-refractivity contribution in [3.8, 4) is 11.3 Å². The van der Waals surface area contributed by atoms with Gasteiger partial charge in [-0.05, 0) is 25.0 Å². The Kier molecular flexibility index (Phi) is 5.27. The second-order valence-electron chi connectivity index (χ2n) is 7.32. The number of pyridine rings is 1. The third-order valence-electron chi connectivity index (χ3n) is 5.52. The minimum atomic E-state index is -0.987. The zero-order valence-electron chi connectivity index (χ0n) is 15.9. The van der Waals surface area contributed by atoms with E-state index in [4.69, 9.17) is 4.74 Å². The van der Waals surface area contributed by atoms with E-state index in [0.717, 1.165) is 16.5 Å². The predicted octanol–water partition coefficient (Wildman–Crippen LogP) is 3.51. The molecule has 0 atom stereocenters. The molecule has 1 amide bonds. The molecule has 0 unspecified atom stereocenters. The Labute approximate surface area is 168 Å². The first kappa shape index (κ1) is 19.1. The minimum Gasteiger partial charge on any atom is -0.481 e. The Morgan fingerprint density at radius 3 is 2.45 bits per heavy atom. The highest BCUT2D eigenvalue weighted by Crippen LogP contribution is 2.31. The lowest BCUT2D eigenvalue weighted by atomic mass is 9.80. The van der Waals surface area contributed by atoms with Gasteiger partial charge in [0.15, 0.2) is 0 Å². The van der Waals surface area contributed by atoms with Crippen molar-refractivity contribution in [2.75, 3.05) is 19.8 Å². The van der Waals surface area contributed by atoms with Crippen molar-refractivity contribution >= 4 is 22.8 Å². The molecule has 1 saturated heterocycles. The highest BCUT2D eigenvalue weighted by molar-refractivity contribution is 6.07. The lowest BCUT2D eigenvalue weighted by Crippen LogP contribution is -2.46. The number of para-hydroxylation sites is 1. The lowest BCUT2D eigenvalue weighted by Gasteiger charge is -2.33. The molecule has 148 valence electrons. The number of nitrogens with one attached hydrogen (secondary N) is 1. The van der Waals surface area contributed by atoms with E-state index in [-0.39, 0.29) is 12.5 Å². The summed E-state index contributed by atoms with van der Waals surface area (Å²) < 4.78 is 5.30. The number of amides is 1. The summed E-state index contributed by atoms with van der Waals surface area (Å²) in [7, 11) is 0. The van der Waals surface area contributed by atoms with Gasteiger partial charge >= 0.3 is 5.97 Å². The predicted molar refractivity (Wildman–Crippen MR) is 110 cm³/mol. The Bertz CT molecular complexity index is 1040. The summed E-state index contributed by atoms with van der Waals surface area (Å²) in [5.41, 5.74) is 1.84. The Balaban J connectivity index is 1.67. The van der Waals surface area contributed by atoms with Gasteiger partial charge in [-0.15, -0.1) is 0 Å². The normalized spacial score (nSPS) is 15.7. The highest BCUT2D eigenvalue weighted by atomic mass is 16.5. The third kappa shape index (κ3) is 3.84. The molecule has 3 aromatic rings. The molecule has 2 aromatic carbocycles. The first-order valence-electron chi connectivity index (χ1n) is 9.64. The molecule has 4 rings (SSSR count). The molecule has 1 aromatic heterocycles. The number of carboxylic acids is 1. The lowest BCUT2D eigenvalue weighted by molar-refractivity contribution is -0.154. The minimum absolute atomic E-state index is 0.0713. The summed E-state index contributed by atoms with van der Waals surface area (Å²) in [6.45, 7) is 0.846. The van der Waals surface area contributed by atoms with Gasteiger partial charge in [-0.1, -0.05) is 48.5 Å². The Morgan fingerprint density at radius 1 is 1.03 bits per heavy atom. The van der Waals surface area contributed by atoms with Crippen molar-refractivity contribution in [1.82, 2.24) is 10.3 Å². The number of carbonyl (C=O) groups excluding carboxylic acids is 1. The summed E-state index contributed by atoms with van der Waals surface area (Å²) in [5, 5.41) is 13.3. The molecule has 2 heterocycles. The van der Waals surface area contributed by atoms with Gasteiger partial charge in [0.25, 0.3) is 5.91 Å². The van der Waals surface area contributed by atoms with Crippen LogP contribution in [0.25, 0.3) is 22.2 Å². The molecule has 1 fully saturated rings. The second kappa shape index (κ2) is 8.01. The molecule has 0 aliphatic carbocycles. The molecule has 0 spiro atoms.